The molecule has 2 unspecified atom stereocenters. The molecule has 1 aliphatic rings. The SMILES string of the molecule is CC1(C)C(C(=O)O)C1C(=O)NCCc1ccc(F)cc1. The molecule has 20 heavy (non-hydrogen) atoms. The number of hydrogen-bond acceptors (Lipinski definition) is 2. The molecule has 108 valence electrons. The van der Waals surface area contributed by atoms with Crippen molar-refractivity contribution in [2.24, 2.45) is 17.3 Å². The zero-order valence-electron chi connectivity index (χ0n) is 11.5. The molecule has 1 saturated carbocycles. The van der Waals surface area contributed by atoms with Crippen molar-refractivity contribution < 1.29 is 19.1 Å². The second kappa shape index (κ2) is 5.23. The van der Waals surface area contributed by atoms with Crippen molar-refractivity contribution in [1.82, 2.24) is 5.32 Å². The number of benzene rings is 1. The Morgan fingerprint density at radius 1 is 1.25 bits per heavy atom. The van der Waals surface area contributed by atoms with Gasteiger partial charge >= 0.3 is 5.97 Å². The Bertz CT molecular complexity index is 524. The summed E-state index contributed by atoms with van der Waals surface area (Å²) in [5.74, 6) is -2.50. The second-order valence-electron chi connectivity index (χ2n) is 5.78. The van der Waals surface area contributed by atoms with Gasteiger partial charge in [-0.1, -0.05) is 26.0 Å². The summed E-state index contributed by atoms with van der Waals surface area (Å²) in [4.78, 5) is 22.9. The molecular weight excluding hydrogens is 261 g/mol. The van der Waals surface area contributed by atoms with Crippen LogP contribution < -0.4 is 5.32 Å². The number of aliphatic carboxylic acids is 1. The number of rotatable bonds is 5. The van der Waals surface area contributed by atoms with Crippen LogP contribution in [0.5, 0.6) is 0 Å². The minimum atomic E-state index is -0.923. The summed E-state index contributed by atoms with van der Waals surface area (Å²) in [6, 6.07) is 6.09. The van der Waals surface area contributed by atoms with E-state index in [9.17, 15) is 14.0 Å². The summed E-state index contributed by atoms with van der Waals surface area (Å²) in [5, 5.41) is 11.8. The predicted octanol–water partition coefficient (Wildman–Crippen LogP) is 1.84. The van der Waals surface area contributed by atoms with E-state index in [1.807, 2.05) is 0 Å². The Morgan fingerprint density at radius 3 is 2.35 bits per heavy atom. The maximum Gasteiger partial charge on any atom is 0.307 e. The van der Waals surface area contributed by atoms with Crippen LogP contribution >= 0.6 is 0 Å². The number of carboxylic acid groups (broad SMARTS) is 1. The van der Waals surface area contributed by atoms with Crippen LogP contribution in [0.15, 0.2) is 24.3 Å². The zero-order chi connectivity index (χ0) is 14.9. The first-order valence-corrected chi connectivity index (χ1v) is 6.59. The van der Waals surface area contributed by atoms with Gasteiger partial charge in [-0.3, -0.25) is 9.59 Å². The molecule has 1 aromatic carbocycles. The number of halogens is 1. The van der Waals surface area contributed by atoms with Crippen molar-refractivity contribution in [3.8, 4) is 0 Å². The minimum Gasteiger partial charge on any atom is -0.481 e. The van der Waals surface area contributed by atoms with E-state index in [4.69, 9.17) is 5.11 Å². The first-order chi connectivity index (χ1) is 9.34. The van der Waals surface area contributed by atoms with E-state index in [1.54, 1.807) is 26.0 Å². The highest BCUT2D eigenvalue weighted by Gasteiger charge is 2.65. The molecular formula is C15H18FNO3. The van der Waals surface area contributed by atoms with Gasteiger partial charge in [0.25, 0.3) is 0 Å². The third-order valence-electron chi connectivity index (χ3n) is 4.00. The second-order valence-corrected chi connectivity index (χ2v) is 5.78. The molecule has 0 heterocycles. The van der Waals surface area contributed by atoms with Crippen LogP contribution in [0.2, 0.25) is 0 Å². The van der Waals surface area contributed by atoms with E-state index in [2.05, 4.69) is 5.32 Å². The van der Waals surface area contributed by atoms with E-state index in [1.165, 1.54) is 12.1 Å². The standard InChI is InChI=1S/C15H18FNO3/c1-15(2)11(12(15)14(19)20)13(18)17-8-7-9-3-5-10(16)6-4-9/h3-6,11-12H,7-8H2,1-2H3,(H,17,18)(H,19,20). The van der Waals surface area contributed by atoms with Crippen molar-refractivity contribution >= 4 is 11.9 Å². The fourth-order valence-electron chi connectivity index (χ4n) is 2.68. The number of carbonyl (C=O) groups is 2. The highest BCUT2D eigenvalue weighted by molar-refractivity contribution is 5.91. The lowest BCUT2D eigenvalue weighted by Gasteiger charge is -2.06. The van der Waals surface area contributed by atoms with Crippen LogP contribution in [0.4, 0.5) is 4.39 Å². The molecule has 1 aliphatic carbocycles. The predicted molar refractivity (Wildman–Crippen MR) is 71.5 cm³/mol. The van der Waals surface area contributed by atoms with Gasteiger partial charge in [0.05, 0.1) is 11.8 Å². The number of amides is 1. The molecule has 5 heteroatoms. The molecule has 1 fully saturated rings. The molecule has 0 aromatic heterocycles. The quantitative estimate of drug-likeness (QED) is 0.864. The van der Waals surface area contributed by atoms with Crippen LogP contribution in [-0.2, 0) is 16.0 Å². The van der Waals surface area contributed by atoms with Crippen LogP contribution in [0.1, 0.15) is 19.4 Å². The molecule has 2 rings (SSSR count). The van der Waals surface area contributed by atoms with Gasteiger partial charge in [-0.05, 0) is 29.5 Å². The lowest BCUT2D eigenvalue weighted by atomic mass is 10.1. The number of hydrogen-bond donors (Lipinski definition) is 2. The largest absolute Gasteiger partial charge is 0.481 e. The third-order valence-corrected chi connectivity index (χ3v) is 4.00. The fourth-order valence-corrected chi connectivity index (χ4v) is 2.68. The van der Waals surface area contributed by atoms with Gasteiger partial charge in [0, 0.05) is 6.54 Å². The van der Waals surface area contributed by atoms with Gasteiger partial charge in [-0.2, -0.15) is 0 Å². The summed E-state index contributed by atoms with van der Waals surface area (Å²) in [7, 11) is 0. The monoisotopic (exact) mass is 279 g/mol. The number of carbonyl (C=O) groups excluding carboxylic acids is 1. The first kappa shape index (κ1) is 14.5. The van der Waals surface area contributed by atoms with Gasteiger partial charge in [0.2, 0.25) is 5.91 Å². The van der Waals surface area contributed by atoms with Gasteiger partial charge < -0.3 is 10.4 Å². The molecule has 0 saturated heterocycles. The van der Waals surface area contributed by atoms with Crippen molar-refractivity contribution in [2.45, 2.75) is 20.3 Å². The Balaban J connectivity index is 1.82. The number of carboxylic acids is 1. The lowest BCUT2D eigenvalue weighted by molar-refractivity contribution is -0.140. The van der Waals surface area contributed by atoms with Crippen molar-refractivity contribution in [1.29, 1.82) is 0 Å². The minimum absolute atomic E-state index is 0.218. The van der Waals surface area contributed by atoms with E-state index in [-0.39, 0.29) is 11.7 Å². The number of nitrogens with one attached hydrogen (secondary N) is 1. The molecule has 0 aliphatic heterocycles. The van der Waals surface area contributed by atoms with Crippen molar-refractivity contribution in [3.63, 3.8) is 0 Å². The lowest BCUT2D eigenvalue weighted by Crippen LogP contribution is -2.29. The summed E-state index contributed by atoms with van der Waals surface area (Å²) >= 11 is 0. The van der Waals surface area contributed by atoms with E-state index < -0.39 is 23.2 Å². The van der Waals surface area contributed by atoms with Crippen LogP contribution in [0.3, 0.4) is 0 Å². The molecule has 0 spiro atoms. The first-order valence-electron chi connectivity index (χ1n) is 6.59. The summed E-state index contributed by atoms with van der Waals surface area (Å²) in [6.45, 7) is 4.00. The fraction of sp³-hybridized carbons (Fsp3) is 0.467. The van der Waals surface area contributed by atoms with Crippen LogP contribution in [0, 0.1) is 23.1 Å². The molecule has 0 radical (unpaired) electrons. The third kappa shape index (κ3) is 2.81. The maximum atomic E-state index is 12.7. The average Bonchev–Trinajstić information content (AvgIpc) is 2.95. The molecule has 0 bridgehead atoms. The highest BCUT2D eigenvalue weighted by Crippen LogP contribution is 2.58. The van der Waals surface area contributed by atoms with Crippen molar-refractivity contribution in [2.75, 3.05) is 6.54 Å². The molecule has 1 amide bonds. The summed E-state index contributed by atoms with van der Waals surface area (Å²) < 4.78 is 12.7. The highest BCUT2D eigenvalue weighted by atomic mass is 19.1. The van der Waals surface area contributed by atoms with Crippen LogP contribution in [0.25, 0.3) is 0 Å². The Labute approximate surface area is 117 Å². The maximum absolute atomic E-state index is 12.7. The van der Waals surface area contributed by atoms with E-state index in [0.29, 0.717) is 13.0 Å². The normalized spacial score (nSPS) is 23.1. The topological polar surface area (TPSA) is 66.4 Å². The average molecular weight is 279 g/mol. The molecule has 1 aromatic rings. The molecule has 2 N–H and O–H groups in total. The Hall–Kier alpha value is -1.91. The van der Waals surface area contributed by atoms with E-state index >= 15 is 0 Å². The van der Waals surface area contributed by atoms with Gasteiger partial charge in [-0.25, -0.2) is 4.39 Å². The van der Waals surface area contributed by atoms with Crippen molar-refractivity contribution in [3.05, 3.63) is 35.6 Å². The van der Waals surface area contributed by atoms with Crippen LogP contribution in [-0.4, -0.2) is 23.5 Å². The Morgan fingerprint density at radius 2 is 1.85 bits per heavy atom. The zero-order valence-corrected chi connectivity index (χ0v) is 11.5. The van der Waals surface area contributed by atoms with Gasteiger partial charge in [0.1, 0.15) is 5.82 Å². The Kier molecular flexibility index (Phi) is 3.79. The smallest absolute Gasteiger partial charge is 0.307 e. The molecule has 2 atom stereocenters. The molecule has 4 nitrogen and oxygen atoms in total. The summed E-state index contributed by atoms with van der Waals surface area (Å²) in [5.41, 5.74) is 0.447. The summed E-state index contributed by atoms with van der Waals surface area (Å²) in [6.07, 6.45) is 0.594. The van der Waals surface area contributed by atoms with Gasteiger partial charge in [0.15, 0.2) is 0 Å². The van der Waals surface area contributed by atoms with Gasteiger partial charge in [-0.15, -0.1) is 0 Å². The van der Waals surface area contributed by atoms with E-state index in [0.717, 1.165) is 5.56 Å².